The van der Waals surface area contributed by atoms with Crippen molar-refractivity contribution in [3.63, 3.8) is 0 Å². The van der Waals surface area contributed by atoms with Crippen LogP contribution in [0.2, 0.25) is 0 Å². The third kappa shape index (κ3) is 2.94. The highest BCUT2D eigenvalue weighted by Gasteiger charge is 2.38. The number of aliphatic hydroxyl groups is 1. The Hall–Kier alpha value is -1.63. The van der Waals surface area contributed by atoms with E-state index in [1.807, 2.05) is 0 Å². The van der Waals surface area contributed by atoms with Crippen molar-refractivity contribution in [2.24, 2.45) is 0 Å². The molecule has 0 aliphatic rings. The molecule has 0 spiro atoms. The van der Waals surface area contributed by atoms with Gasteiger partial charge in [0.25, 0.3) is 5.69 Å². The lowest BCUT2D eigenvalue weighted by Gasteiger charge is -2.12. The van der Waals surface area contributed by atoms with E-state index < -0.39 is 29.0 Å². The van der Waals surface area contributed by atoms with Gasteiger partial charge >= 0.3 is 6.18 Å². The topological polar surface area (TPSA) is 63.4 Å². The van der Waals surface area contributed by atoms with E-state index in [1.54, 1.807) is 0 Å². The first-order valence-corrected chi connectivity index (χ1v) is 4.56. The number of alkyl halides is 3. The van der Waals surface area contributed by atoms with Gasteiger partial charge in [0.1, 0.15) is 5.56 Å². The van der Waals surface area contributed by atoms with Crippen LogP contribution in [0.4, 0.5) is 18.9 Å². The van der Waals surface area contributed by atoms with Crippen LogP contribution in [-0.2, 0) is 6.18 Å². The van der Waals surface area contributed by atoms with Gasteiger partial charge in [-0.25, -0.2) is 0 Å². The van der Waals surface area contributed by atoms with Crippen LogP contribution in [-0.4, -0.2) is 16.6 Å². The summed E-state index contributed by atoms with van der Waals surface area (Å²) in [6.07, 6.45) is -4.80. The Labute approximate surface area is 94.8 Å². The maximum atomic E-state index is 12.6. The molecule has 17 heavy (non-hydrogen) atoms. The van der Waals surface area contributed by atoms with Crippen molar-refractivity contribution in [2.45, 2.75) is 13.1 Å². The Bertz CT molecular complexity index is 431. The van der Waals surface area contributed by atoms with Gasteiger partial charge in [0.15, 0.2) is 0 Å². The summed E-state index contributed by atoms with van der Waals surface area (Å²) in [5.41, 5.74) is -2.18. The molecule has 1 radical (unpaired) electrons. The molecule has 93 valence electrons. The van der Waals surface area contributed by atoms with Gasteiger partial charge in [0.2, 0.25) is 0 Å². The fourth-order valence-corrected chi connectivity index (χ4v) is 1.28. The predicted molar refractivity (Wildman–Crippen MR) is 53.2 cm³/mol. The monoisotopic (exact) mass is 248 g/mol. The molecule has 1 aromatic carbocycles. The molecule has 0 unspecified atom stereocenters. The summed E-state index contributed by atoms with van der Waals surface area (Å²) in [7, 11) is 0. The predicted octanol–water partition coefficient (Wildman–Crippen LogP) is 2.55. The smallest absolute Gasteiger partial charge is 0.395 e. The Balaban J connectivity index is 3.35. The molecule has 1 N–H and O–H groups in total. The first-order chi connectivity index (χ1) is 7.77. The average Bonchev–Trinajstić information content (AvgIpc) is 2.25. The van der Waals surface area contributed by atoms with Gasteiger partial charge in [-0.3, -0.25) is 10.1 Å². The van der Waals surface area contributed by atoms with E-state index in [9.17, 15) is 23.3 Å². The number of nitrogens with zero attached hydrogens (tertiary/aromatic N) is 1. The number of halogens is 3. The van der Waals surface area contributed by atoms with Gasteiger partial charge in [-0.05, 0) is 11.6 Å². The number of aliphatic hydroxyl groups excluding tert-OH is 1. The Morgan fingerprint density at radius 2 is 2.06 bits per heavy atom. The van der Waals surface area contributed by atoms with E-state index in [1.165, 1.54) is 13.0 Å². The van der Waals surface area contributed by atoms with E-state index in [4.69, 9.17) is 5.11 Å². The Morgan fingerprint density at radius 1 is 1.47 bits per heavy atom. The molecule has 0 saturated carbocycles. The largest absolute Gasteiger partial charge is 0.423 e. The molecule has 0 bridgehead atoms. The molecule has 1 aromatic rings. The number of nitro benzene ring substituents is 1. The summed E-state index contributed by atoms with van der Waals surface area (Å²) < 4.78 is 37.7. The summed E-state index contributed by atoms with van der Waals surface area (Å²) in [5.74, 6) is 0.311. The minimum absolute atomic E-state index is 0.130. The zero-order valence-electron chi connectivity index (χ0n) is 8.78. The van der Waals surface area contributed by atoms with E-state index in [0.29, 0.717) is 12.0 Å². The third-order valence-corrected chi connectivity index (χ3v) is 2.23. The van der Waals surface area contributed by atoms with Crippen LogP contribution >= 0.6 is 0 Å². The Kier molecular flexibility index (Phi) is 3.72. The minimum Gasteiger partial charge on any atom is -0.395 e. The molecule has 0 aromatic heterocycles. The molecule has 0 saturated heterocycles. The quantitative estimate of drug-likeness (QED) is 0.660. The van der Waals surface area contributed by atoms with E-state index in [-0.39, 0.29) is 5.56 Å². The Morgan fingerprint density at radius 3 is 2.47 bits per heavy atom. The summed E-state index contributed by atoms with van der Waals surface area (Å²) in [6, 6.07) is 2.64. The third-order valence-electron chi connectivity index (χ3n) is 2.23. The van der Waals surface area contributed by atoms with Crippen molar-refractivity contribution in [3.05, 3.63) is 45.4 Å². The van der Waals surface area contributed by atoms with Gasteiger partial charge in [0, 0.05) is 12.0 Å². The maximum Gasteiger partial charge on any atom is 0.423 e. The number of nitro groups is 1. The molecule has 0 aliphatic carbocycles. The van der Waals surface area contributed by atoms with Crippen LogP contribution in [0, 0.1) is 16.0 Å². The second-order valence-electron chi connectivity index (χ2n) is 3.43. The van der Waals surface area contributed by atoms with E-state index >= 15 is 0 Å². The van der Waals surface area contributed by atoms with Crippen LogP contribution in [0.15, 0.2) is 18.2 Å². The van der Waals surface area contributed by atoms with Gasteiger partial charge in [0.05, 0.1) is 11.5 Å². The lowest BCUT2D eigenvalue weighted by molar-refractivity contribution is -0.388. The van der Waals surface area contributed by atoms with Crippen molar-refractivity contribution in [3.8, 4) is 0 Å². The van der Waals surface area contributed by atoms with E-state index in [2.05, 4.69) is 0 Å². The summed E-state index contributed by atoms with van der Waals surface area (Å²) in [6.45, 7) is 1.04. The van der Waals surface area contributed by atoms with Crippen LogP contribution in [0.25, 0.3) is 0 Å². The zero-order chi connectivity index (χ0) is 13.2. The summed E-state index contributed by atoms with van der Waals surface area (Å²) >= 11 is 0. The average molecular weight is 248 g/mol. The molecule has 1 rings (SSSR count). The standard InChI is InChI=1S/C10H9F3NO3/c1-6(5-15)7-2-3-9(14(16)17)8(4-7)10(11,12)13/h2-4,15H,5H2,1H3. The molecule has 0 amide bonds. The van der Waals surface area contributed by atoms with Crippen molar-refractivity contribution in [1.82, 2.24) is 0 Å². The lowest BCUT2D eigenvalue weighted by atomic mass is 9.98. The molecule has 0 aliphatic heterocycles. The molecule has 4 nitrogen and oxygen atoms in total. The number of benzene rings is 1. The molecule has 0 atom stereocenters. The molecule has 0 fully saturated rings. The molecular weight excluding hydrogens is 239 g/mol. The van der Waals surface area contributed by atoms with Crippen LogP contribution in [0.3, 0.4) is 0 Å². The van der Waals surface area contributed by atoms with Crippen molar-refractivity contribution < 1.29 is 23.2 Å². The van der Waals surface area contributed by atoms with Gasteiger partial charge in [-0.15, -0.1) is 0 Å². The normalized spacial score (nSPS) is 11.9. The lowest BCUT2D eigenvalue weighted by Crippen LogP contribution is -2.11. The highest BCUT2D eigenvalue weighted by atomic mass is 19.4. The first kappa shape index (κ1) is 13.4. The first-order valence-electron chi connectivity index (χ1n) is 4.56. The highest BCUT2D eigenvalue weighted by molar-refractivity contribution is 5.47. The van der Waals surface area contributed by atoms with Crippen LogP contribution in [0.1, 0.15) is 18.1 Å². The SMILES string of the molecule is C[C](CO)c1ccc([N+](=O)[O-])c(C(F)(F)F)c1. The summed E-state index contributed by atoms with van der Waals surface area (Å²) in [4.78, 5) is 9.39. The maximum absolute atomic E-state index is 12.6. The zero-order valence-corrected chi connectivity index (χ0v) is 8.78. The minimum atomic E-state index is -4.80. The van der Waals surface area contributed by atoms with Gasteiger partial charge in [-0.1, -0.05) is 13.0 Å². The number of hydrogen-bond donors (Lipinski definition) is 1. The van der Waals surface area contributed by atoms with Crippen LogP contribution < -0.4 is 0 Å². The highest BCUT2D eigenvalue weighted by Crippen LogP contribution is 2.37. The fourth-order valence-electron chi connectivity index (χ4n) is 1.28. The number of hydrogen-bond acceptors (Lipinski definition) is 3. The van der Waals surface area contributed by atoms with Gasteiger partial charge < -0.3 is 5.11 Å². The second-order valence-corrected chi connectivity index (χ2v) is 3.43. The van der Waals surface area contributed by atoms with Crippen LogP contribution in [0.5, 0.6) is 0 Å². The van der Waals surface area contributed by atoms with Crippen molar-refractivity contribution >= 4 is 5.69 Å². The van der Waals surface area contributed by atoms with Gasteiger partial charge in [-0.2, -0.15) is 13.2 Å². The summed E-state index contributed by atoms with van der Waals surface area (Å²) in [5, 5.41) is 19.3. The second kappa shape index (κ2) is 4.70. The van der Waals surface area contributed by atoms with Crippen molar-refractivity contribution in [2.75, 3.05) is 6.61 Å². The number of rotatable bonds is 3. The molecule has 7 heteroatoms. The van der Waals surface area contributed by atoms with Crippen molar-refractivity contribution in [1.29, 1.82) is 0 Å². The fraction of sp³-hybridized carbons (Fsp3) is 0.300. The molecular formula is C10H9F3NO3. The molecule has 0 heterocycles. The van der Waals surface area contributed by atoms with E-state index in [0.717, 1.165) is 6.07 Å².